The van der Waals surface area contributed by atoms with Crippen molar-refractivity contribution in [3.63, 3.8) is 0 Å². The number of methoxy groups -OCH3 is 1. The molecule has 1 aliphatic carbocycles. The Bertz CT molecular complexity index is 351. The number of nitrogens with one attached hydrogen (secondary N) is 1. The molecule has 108 valence electrons. The second kappa shape index (κ2) is 8.03. The standard InChI is InChI=1S/C16H27NOS/c1-13(17-10-6-3-7-11-18-2)16-12-14-8-4-5-9-15(14)19-16/h12-13,17H,3-11H2,1-2H3. The highest BCUT2D eigenvalue weighted by molar-refractivity contribution is 7.12. The maximum Gasteiger partial charge on any atom is 0.0462 e. The van der Waals surface area contributed by atoms with Crippen molar-refractivity contribution in [2.45, 2.75) is 57.9 Å². The normalized spacial score (nSPS) is 16.3. The SMILES string of the molecule is COCCCCCNC(C)c1cc2c(s1)CCCC2. The van der Waals surface area contributed by atoms with Gasteiger partial charge in [-0.2, -0.15) is 0 Å². The number of thiophene rings is 1. The van der Waals surface area contributed by atoms with Gasteiger partial charge in [0.1, 0.15) is 0 Å². The fourth-order valence-electron chi connectivity index (χ4n) is 2.69. The van der Waals surface area contributed by atoms with E-state index in [1.165, 1.54) is 49.8 Å². The first-order valence-corrected chi connectivity index (χ1v) is 8.46. The number of unbranched alkanes of at least 4 members (excludes halogenated alkanes) is 2. The van der Waals surface area contributed by atoms with Gasteiger partial charge in [-0.05, 0) is 70.0 Å². The van der Waals surface area contributed by atoms with Gasteiger partial charge in [0.2, 0.25) is 0 Å². The van der Waals surface area contributed by atoms with E-state index in [9.17, 15) is 0 Å². The molecule has 1 aliphatic rings. The summed E-state index contributed by atoms with van der Waals surface area (Å²) in [5, 5.41) is 3.65. The lowest BCUT2D eigenvalue weighted by Gasteiger charge is -2.11. The first-order valence-electron chi connectivity index (χ1n) is 7.65. The Labute approximate surface area is 121 Å². The smallest absolute Gasteiger partial charge is 0.0462 e. The Morgan fingerprint density at radius 2 is 2.11 bits per heavy atom. The van der Waals surface area contributed by atoms with Gasteiger partial charge >= 0.3 is 0 Å². The molecule has 1 unspecified atom stereocenters. The van der Waals surface area contributed by atoms with E-state index >= 15 is 0 Å². The molecule has 0 radical (unpaired) electrons. The van der Waals surface area contributed by atoms with Crippen LogP contribution >= 0.6 is 11.3 Å². The maximum absolute atomic E-state index is 5.07. The van der Waals surface area contributed by atoms with Crippen LogP contribution in [-0.2, 0) is 17.6 Å². The fraction of sp³-hybridized carbons (Fsp3) is 0.750. The zero-order valence-electron chi connectivity index (χ0n) is 12.3. The van der Waals surface area contributed by atoms with Crippen molar-refractivity contribution in [1.29, 1.82) is 0 Å². The van der Waals surface area contributed by atoms with Crippen LogP contribution in [0.4, 0.5) is 0 Å². The molecule has 0 aromatic carbocycles. The average Bonchev–Trinajstić information content (AvgIpc) is 2.86. The molecular formula is C16H27NOS. The second-order valence-electron chi connectivity index (χ2n) is 5.53. The highest BCUT2D eigenvalue weighted by Crippen LogP contribution is 2.32. The van der Waals surface area contributed by atoms with Crippen molar-refractivity contribution in [2.24, 2.45) is 0 Å². The van der Waals surface area contributed by atoms with Crippen LogP contribution in [0.3, 0.4) is 0 Å². The van der Waals surface area contributed by atoms with Gasteiger partial charge in [0.05, 0.1) is 0 Å². The summed E-state index contributed by atoms with van der Waals surface area (Å²) in [5.41, 5.74) is 1.62. The van der Waals surface area contributed by atoms with E-state index < -0.39 is 0 Å². The summed E-state index contributed by atoms with van der Waals surface area (Å²) in [6.45, 7) is 4.31. The Morgan fingerprint density at radius 3 is 2.89 bits per heavy atom. The topological polar surface area (TPSA) is 21.3 Å². The summed E-state index contributed by atoms with van der Waals surface area (Å²) in [6, 6.07) is 2.96. The van der Waals surface area contributed by atoms with Gasteiger partial charge in [0, 0.05) is 29.5 Å². The highest BCUT2D eigenvalue weighted by atomic mass is 32.1. The number of hydrogen-bond acceptors (Lipinski definition) is 3. The van der Waals surface area contributed by atoms with Gasteiger partial charge in [0.25, 0.3) is 0 Å². The van der Waals surface area contributed by atoms with Gasteiger partial charge < -0.3 is 10.1 Å². The van der Waals surface area contributed by atoms with Gasteiger partial charge in [-0.25, -0.2) is 0 Å². The number of fused-ring (bicyclic) bond motifs is 1. The summed E-state index contributed by atoms with van der Waals surface area (Å²) in [6.07, 6.45) is 9.06. The number of rotatable bonds is 8. The largest absolute Gasteiger partial charge is 0.385 e. The van der Waals surface area contributed by atoms with Crippen molar-refractivity contribution in [1.82, 2.24) is 5.32 Å². The van der Waals surface area contributed by atoms with Crippen molar-refractivity contribution in [2.75, 3.05) is 20.3 Å². The minimum absolute atomic E-state index is 0.512. The van der Waals surface area contributed by atoms with Crippen LogP contribution in [-0.4, -0.2) is 20.3 Å². The number of aryl methyl sites for hydroxylation is 2. The lowest BCUT2D eigenvalue weighted by atomic mass is 9.99. The Kier molecular flexibility index (Phi) is 6.35. The molecule has 0 bridgehead atoms. The summed E-state index contributed by atoms with van der Waals surface area (Å²) < 4.78 is 5.07. The molecule has 0 spiro atoms. The first-order chi connectivity index (χ1) is 9.31. The molecule has 0 fully saturated rings. The predicted molar refractivity (Wildman–Crippen MR) is 83.1 cm³/mol. The van der Waals surface area contributed by atoms with E-state index in [4.69, 9.17) is 4.74 Å². The highest BCUT2D eigenvalue weighted by Gasteiger charge is 2.16. The van der Waals surface area contributed by atoms with Crippen LogP contribution < -0.4 is 5.32 Å². The molecule has 1 aromatic rings. The summed E-state index contributed by atoms with van der Waals surface area (Å²) in [4.78, 5) is 3.18. The second-order valence-corrected chi connectivity index (χ2v) is 6.70. The molecule has 0 amide bonds. The molecule has 19 heavy (non-hydrogen) atoms. The lowest BCUT2D eigenvalue weighted by molar-refractivity contribution is 0.192. The van der Waals surface area contributed by atoms with Gasteiger partial charge in [0.15, 0.2) is 0 Å². The van der Waals surface area contributed by atoms with E-state index in [1.54, 1.807) is 17.6 Å². The van der Waals surface area contributed by atoms with Crippen molar-refractivity contribution < 1.29 is 4.74 Å². The van der Waals surface area contributed by atoms with E-state index in [0.717, 1.165) is 13.2 Å². The van der Waals surface area contributed by atoms with Crippen LogP contribution in [0.5, 0.6) is 0 Å². The molecule has 0 aliphatic heterocycles. The maximum atomic E-state index is 5.07. The summed E-state index contributed by atoms with van der Waals surface area (Å²) >= 11 is 2.03. The van der Waals surface area contributed by atoms with Crippen molar-refractivity contribution in [3.05, 3.63) is 21.4 Å². The van der Waals surface area contributed by atoms with Crippen LogP contribution in [0.2, 0.25) is 0 Å². The Balaban J connectivity index is 1.70. The number of ether oxygens (including phenoxy) is 1. The van der Waals surface area contributed by atoms with E-state index in [1.807, 2.05) is 11.3 Å². The third-order valence-corrected chi connectivity index (χ3v) is 5.34. The quantitative estimate of drug-likeness (QED) is 0.725. The first kappa shape index (κ1) is 15.0. The van der Waals surface area contributed by atoms with Gasteiger partial charge in [-0.15, -0.1) is 11.3 Å². The third-order valence-electron chi connectivity index (χ3n) is 3.92. The average molecular weight is 281 g/mol. The van der Waals surface area contributed by atoms with Crippen LogP contribution in [0.15, 0.2) is 6.07 Å². The lowest BCUT2D eigenvalue weighted by Crippen LogP contribution is -2.19. The molecule has 1 atom stereocenters. The third kappa shape index (κ3) is 4.59. The molecule has 2 rings (SSSR count). The fourth-order valence-corrected chi connectivity index (χ4v) is 3.98. The summed E-state index contributed by atoms with van der Waals surface area (Å²) in [5.74, 6) is 0. The molecule has 1 heterocycles. The molecule has 1 N–H and O–H groups in total. The zero-order chi connectivity index (χ0) is 13.5. The van der Waals surface area contributed by atoms with Gasteiger partial charge in [-0.1, -0.05) is 0 Å². The molecule has 2 nitrogen and oxygen atoms in total. The predicted octanol–water partition coefficient (Wildman–Crippen LogP) is 4.09. The minimum Gasteiger partial charge on any atom is -0.385 e. The Hall–Kier alpha value is -0.380. The molecule has 0 saturated heterocycles. The molecular weight excluding hydrogens is 254 g/mol. The van der Waals surface area contributed by atoms with E-state index in [0.29, 0.717) is 6.04 Å². The van der Waals surface area contributed by atoms with Crippen LogP contribution in [0, 0.1) is 0 Å². The van der Waals surface area contributed by atoms with Crippen LogP contribution in [0.25, 0.3) is 0 Å². The van der Waals surface area contributed by atoms with Crippen LogP contribution in [0.1, 0.15) is 60.4 Å². The molecule has 3 heteroatoms. The Morgan fingerprint density at radius 1 is 1.26 bits per heavy atom. The monoisotopic (exact) mass is 281 g/mol. The molecule has 0 saturated carbocycles. The summed E-state index contributed by atoms with van der Waals surface area (Å²) in [7, 11) is 1.78. The zero-order valence-corrected chi connectivity index (χ0v) is 13.2. The number of hydrogen-bond donors (Lipinski definition) is 1. The van der Waals surface area contributed by atoms with Gasteiger partial charge in [-0.3, -0.25) is 0 Å². The van der Waals surface area contributed by atoms with E-state index in [-0.39, 0.29) is 0 Å². The van der Waals surface area contributed by atoms with Crippen molar-refractivity contribution >= 4 is 11.3 Å². The van der Waals surface area contributed by atoms with E-state index in [2.05, 4.69) is 18.3 Å². The minimum atomic E-state index is 0.512. The van der Waals surface area contributed by atoms with Crippen molar-refractivity contribution in [3.8, 4) is 0 Å². The molecule has 1 aromatic heterocycles.